The first-order valence-corrected chi connectivity index (χ1v) is 7.08. The van der Waals surface area contributed by atoms with Gasteiger partial charge in [0.15, 0.2) is 6.23 Å². The van der Waals surface area contributed by atoms with Gasteiger partial charge in [0, 0.05) is 23.9 Å². The van der Waals surface area contributed by atoms with Gasteiger partial charge in [0.25, 0.3) is 5.91 Å². The van der Waals surface area contributed by atoms with E-state index in [1.165, 1.54) is 0 Å². The Morgan fingerprint density at radius 2 is 1.62 bits per heavy atom. The minimum atomic E-state index is -0.368. The van der Waals surface area contributed by atoms with Crippen LogP contribution in [0.25, 0.3) is 5.57 Å². The number of ether oxygens (including phenoxy) is 1. The summed E-state index contributed by atoms with van der Waals surface area (Å²) in [5, 5.41) is 0. The number of para-hydroxylation sites is 1. The van der Waals surface area contributed by atoms with Crippen molar-refractivity contribution < 1.29 is 9.53 Å². The van der Waals surface area contributed by atoms with E-state index in [2.05, 4.69) is 0 Å². The zero-order valence-corrected chi connectivity index (χ0v) is 11.9. The second-order valence-corrected chi connectivity index (χ2v) is 4.82. The van der Waals surface area contributed by atoms with Gasteiger partial charge >= 0.3 is 0 Å². The van der Waals surface area contributed by atoms with Crippen LogP contribution in [-0.4, -0.2) is 18.7 Å². The lowest BCUT2D eigenvalue weighted by atomic mass is 10.1. The average molecular weight is 279 g/mol. The van der Waals surface area contributed by atoms with E-state index in [0.29, 0.717) is 6.61 Å². The number of benzene rings is 2. The molecule has 0 aromatic heterocycles. The molecule has 1 aliphatic rings. The normalized spacial score (nSPS) is 18.0. The van der Waals surface area contributed by atoms with Crippen LogP contribution in [0.5, 0.6) is 0 Å². The monoisotopic (exact) mass is 279 g/mol. The lowest BCUT2D eigenvalue weighted by Gasteiger charge is -2.27. The van der Waals surface area contributed by atoms with Crippen LogP contribution in [0.4, 0.5) is 5.69 Å². The summed E-state index contributed by atoms with van der Waals surface area (Å²) < 4.78 is 5.84. The Balaban J connectivity index is 2.00. The lowest BCUT2D eigenvalue weighted by Crippen LogP contribution is -2.37. The molecule has 2 aromatic carbocycles. The molecule has 1 aliphatic heterocycles. The number of rotatable bonds is 4. The van der Waals surface area contributed by atoms with Gasteiger partial charge in [-0.2, -0.15) is 0 Å². The lowest BCUT2D eigenvalue weighted by molar-refractivity contribution is -0.115. The third-order valence-electron chi connectivity index (χ3n) is 3.48. The molecule has 2 aromatic rings. The van der Waals surface area contributed by atoms with E-state index in [-0.39, 0.29) is 12.1 Å². The van der Waals surface area contributed by atoms with Crippen LogP contribution in [0.15, 0.2) is 66.7 Å². The van der Waals surface area contributed by atoms with Crippen molar-refractivity contribution in [1.29, 1.82) is 0 Å². The van der Waals surface area contributed by atoms with Gasteiger partial charge in [0.05, 0.1) is 0 Å². The molecule has 0 bridgehead atoms. The molecule has 0 fully saturated rings. The maximum atomic E-state index is 12.4. The largest absolute Gasteiger partial charge is 0.354 e. The Labute approximate surface area is 124 Å². The maximum Gasteiger partial charge on any atom is 0.253 e. The summed E-state index contributed by atoms with van der Waals surface area (Å²) in [7, 11) is 0. The molecule has 21 heavy (non-hydrogen) atoms. The second-order valence-electron chi connectivity index (χ2n) is 4.82. The Kier molecular flexibility index (Phi) is 3.84. The fourth-order valence-electron chi connectivity index (χ4n) is 2.56. The molecule has 0 spiro atoms. The van der Waals surface area contributed by atoms with Crippen molar-refractivity contribution in [3.63, 3.8) is 0 Å². The van der Waals surface area contributed by atoms with Crippen LogP contribution < -0.4 is 4.90 Å². The number of nitrogens with zero attached hydrogens (tertiary/aromatic N) is 1. The van der Waals surface area contributed by atoms with Crippen molar-refractivity contribution >= 4 is 17.2 Å². The van der Waals surface area contributed by atoms with Crippen LogP contribution in [0, 0.1) is 0 Å². The molecule has 1 atom stereocenters. The van der Waals surface area contributed by atoms with Crippen LogP contribution in [0.1, 0.15) is 12.5 Å². The van der Waals surface area contributed by atoms with Crippen LogP contribution >= 0.6 is 0 Å². The summed E-state index contributed by atoms with van der Waals surface area (Å²) in [5.74, 6) is -0.0431. The minimum Gasteiger partial charge on any atom is -0.354 e. The fourth-order valence-corrected chi connectivity index (χ4v) is 2.56. The third-order valence-corrected chi connectivity index (χ3v) is 3.48. The zero-order chi connectivity index (χ0) is 14.7. The van der Waals surface area contributed by atoms with E-state index in [1.807, 2.05) is 67.6 Å². The number of carbonyl (C=O) groups excluding carboxylic acids is 1. The molecule has 0 saturated heterocycles. The summed E-state index contributed by atoms with van der Waals surface area (Å²) in [4.78, 5) is 14.1. The molecule has 1 unspecified atom stereocenters. The Hall–Kier alpha value is -2.39. The molecular formula is C18H17NO2. The Morgan fingerprint density at radius 1 is 1.00 bits per heavy atom. The van der Waals surface area contributed by atoms with E-state index in [4.69, 9.17) is 4.74 Å². The quantitative estimate of drug-likeness (QED) is 0.857. The maximum absolute atomic E-state index is 12.4. The SMILES string of the molecule is CCOC1C(c2ccccc2)=CC(=O)N1c1ccccc1. The van der Waals surface area contributed by atoms with Crippen LogP contribution in [-0.2, 0) is 9.53 Å². The van der Waals surface area contributed by atoms with Crippen molar-refractivity contribution in [1.82, 2.24) is 0 Å². The van der Waals surface area contributed by atoms with Gasteiger partial charge in [-0.1, -0.05) is 48.5 Å². The smallest absolute Gasteiger partial charge is 0.253 e. The first-order chi connectivity index (χ1) is 10.3. The van der Waals surface area contributed by atoms with Crippen molar-refractivity contribution in [3.05, 3.63) is 72.3 Å². The molecule has 3 nitrogen and oxygen atoms in total. The molecule has 0 saturated carbocycles. The first kappa shape index (κ1) is 13.6. The molecule has 3 heteroatoms. The minimum absolute atomic E-state index is 0.0431. The van der Waals surface area contributed by atoms with Gasteiger partial charge in [-0.3, -0.25) is 9.69 Å². The van der Waals surface area contributed by atoms with E-state index in [0.717, 1.165) is 16.8 Å². The molecular weight excluding hydrogens is 262 g/mol. The predicted octanol–water partition coefficient (Wildman–Crippen LogP) is 3.48. The van der Waals surface area contributed by atoms with E-state index >= 15 is 0 Å². The van der Waals surface area contributed by atoms with E-state index in [1.54, 1.807) is 11.0 Å². The number of carbonyl (C=O) groups is 1. The van der Waals surface area contributed by atoms with Crippen molar-refractivity contribution in [3.8, 4) is 0 Å². The Morgan fingerprint density at radius 3 is 2.24 bits per heavy atom. The number of hydrogen-bond acceptors (Lipinski definition) is 2. The Bertz CT molecular complexity index is 649. The summed E-state index contributed by atoms with van der Waals surface area (Å²) >= 11 is 0. The molecule has 3 rings (SSSR count). The number of amides is 1. The molecule has 0 aliphatic carbocycles. The van der Waals surface area contributed by atoms with Crippen LogP contribution in [0.2, 0.25) is 0 Å². The number of hydrogen-bond donors (Lipinski definition) is 0. The van der Waals surface area contributed by atoms with Crippen molar-refractivity contribution in [2.45, 2.75) is 13.2 Å². The zero-order valence-electron chi connectivity index (χ0n) is 11.9. The fraction of sp³-hybridized carbons (Fsp3) is 0.167. The van der Waals surface area contributed by atoms with Gasteiger partial charge in [-0.15, -0.1) is 0 Å². The summed E-state index contributed by atoms with van der Waals surface area (Å²) in [6.07, 6.45) is 1.30. The van der Waals surface area contributed by atoms with Gasteiger partial charge in [-0.25, -0.2) is 0 Å². The van der Waals surface area contributed by atoms with Gasteiger partial charge in [-0.05, 0) is 24.6 Å². The first-order valence-electron chi connectivity index (χ1n) is 7.08. The predicted molar refractivity (Wildman–Crippen MR) is 83.8 cm³/mol. The summed E-state index contributed by atoms with van der Waals surface area (Å²) in [5.41, 5.74) is 2.78. The number of anilines is 1. The highest BCUT2D eigenvalue weighted by Gasteiger charge is 2.34. The summed E-state index contributed by atoms with van der Waals surface area (Å²) in [6, 6.07) is 19.5. The van der Waals surface area contributed by atoms with Crippen molar-refractivity contribution in [2.75, 3.05) is 11.5 Å². The van der Waals surface area contributed by atoms with Gasteiger partial charge in [0.2, 0.25) is 0 Å². The molecule has 1 amide bonds. The second kappa shape index (κ2) is 5.94. The third kappa shape index (κ3) is 2.60. The molecule has 1 heterocycles. The standard InChI is InChI=1S/C18H17NO2/c1-2-21-18-16(14-9-5-3-6-10-14)13-17(20)19(18)15-11-7-4-8-12-15/h3-13,18H,2H2,1H3. The average Bonchev–Trinajstić information content (AvgIpc) is 2.86. The van der Waals surface area contributed by atoms with Crippen molar-refractivity contribution in [2.24, 2.45) is 0 Å². The summed E-state index contributed by atoms with van der Waals surface area (Å²) in [6.45, 7) is 2.49. The van der Waals surface area contributed by atoms with E-state index < -0.39 is 0 Å². The topological polar surface area (TPSA) is 29.5 Å². The highest BCUT2D eigenvalue weighted by Crippen LogP contribution is 2.33. The highest BCUT2D eigenvalue weighted by atomic mass is 16.5. The molecule has 0 N–H and O–H groups in total. The van der Waals surface area contributed by atoms with E-state index in [9.17, 15) is 4.79 Å². The molecule has 0 radical (unpaired) electrons. The van der Waals surface area contributed by atoms with Gasteiger partial charge < -0.3 is 4.74 Å². The highest BCUT2D eigenvalue weighted by molar-refractivity contribution is 6.12. The van der Waals surface area contributed by atoms with Gasteiger partial charge in [0.1, 0.15) is 0 Å². The molecule has 106 valence electrons. The van der Waals surface area contributed by atoms with Crippen LogP contribution in [0.3, 0.4) is 0 Å².